The van der Waals surface area contributed by atoms with Gasteiger partial charge in [0.2, 0.25) is 0 Å². The quantitative estimate of drug-likeness (QED) is 0.325. The van der Waals surface area contributed by atoms with Gasteiger partial charge in [0, 0.05) is 30.4 Å². The van der Waals surface area contributed by atoms with E-state index in [9.17, 15) is 9.59 Å². The lowest BCUT2D eigenvalue weighted by Gasteiger charge is -2.43. The molecule has 2 fully saturated rings. The third-order valence-electron chi connectivity index (χ3n) is 7.22. The first kappa shape index (κ1) is 26.1. The highest BCUT2D eigenvalue weighted by molar-refractivity contribution is 6.99. The molecule has 0 radical (unpaired) electrons. The van der Waals surface area contributed by atoms with Crippen molar-refractivity contribution in [2.75, 3.05) is 20.3 Å². The first-order valence-electron chi connectivity index (χ1n) is 12.3. The van der Waals surface area contributed by atoms with Crippen LogP contribution >= 0.6 is 0 Å². The Hall–Kier alpha value is -2.94. The molecule has 1 saturated heterocycles. The zero-order valence-corrected chi connectivity index (χ0v) is 22.7. The Morgan fingerprint density at radius 2 is 1.67 bits per heavy atom. The van der Waals surface area contributed by atoms with E-state index in [0.717, 1.165) is 0 Å². The standard InChI is InChI=1S/C28H36N2O5Si/c1-20(17-33-5)25(31)29-26(32)30-28-16-24(28)21(18-34-28)19-35-36(27(2,3)4,22-12-8-6-9-13-22)23-14-10-7-11-15-23/h6-15,17,21,24H,16,18-19H2,1-5H3,(H2,29,30,31,32)/b20-17+/t21-,24-,28-/m1/s1. The van der Waals surface area contributed by atoms with Gasteiger partial charge in [-0.2, -0.15) is 0 Å². The normalized spacial score (nSPS) is 23.5. The molecule has 192 valence electrons. The number of urea groups is 1. The molecule has 1 aliphatic carbocycles. The van der Waals surface area contributed by atoms with Crippen molar-refractivity contribution < 1.29 is 23.5 Å². The molecule has 1 aliphatic heterocycles. The summed E-state index contributed by atoms with van der Waals surface area (Å²) in [7, 11) is -1.19. The number of ether oxygens (including phenoxy) is 2. The maximum absolute atomic E-state index is 12.5. The fourth-order valence-electron chi connectivity index (χ4n) is 5.35. The number of methoxy groups -OCH3 is 1. The zero-order chi connectivity index (χ0) is 26.0. The van der Waals surface area contributed by atoms with Crippen LogP contribution in [0.3, 0.4) is 0 Å². The summed E-state index contributed by atoms with van der Waals surface area (Å²) in [5.74, 6) is -0.211. The van der Waals surface area contributed by atoms with Gasteiger partial charge in [-0.3, -0.25) is 10.1 Å². The SMILES string of the molecule is CO/C=C(\C)C(=O)NC(=O)N[C@@]12C[C@@H]1[C@@H](CO[Si](c1ccccc1)(c1ccccc1)C(C)(C)C)CO2. The first-order valence-corrected chi connectivity index (χ1v) is 14.3. The zero-order valence-electron chi connectivity index (χ0n) is 21.7. The van der Waals surface area contributed by atoms with Gasteiger partial charge in [-0.1, -0.05) is 81.4 Å². The van der Waals surface area contributed by atoms with Gasteiger partial charge in [0.25, 0.3) is 14.2 Å². The van der Waals surface area contributed by atoms with Crippen LogP contribution in [0.5, 0.6) is 0 Å². The van der Waals surface area contributed by atoms with Gasteiger partial charge in [0.1, 0.15) is 5.72 Å². The summed E-state index contributed by atoms with van der Waals surface area (Å²) >= 11 is 0. The van der Waals surface area contributed by atoms with Crippen molar-refractivity contribution in [1.29, 1.82) is 0 Å². The molecule has 8 heteroatoms. The van der Waals surface area contributed by atoms with Crippen molar-refractivity contribution in [3.8, 4) is 0 Å². The number of imide groups is 1. The minimum Gasteiger partial charge on any atom is -0.504 e. The Bertz CT molecular complexity index is 1080. The Balaban J connectivity index is 1.48. The van der Waals surface area contributed by atoms with Crippen LogP contribution in [0.2, 0.25) is 5.04 Å². The van der Waals surface area contributed by atoms with E-state index in [0.29, 0.717) is 25.2 Å². The summed E-state index contributed by atoms with van der Waals surface area (Å²) in [6.45, 7) is 9.39. The molecule has 0 bridgehead atoms. The maximum atomic E-state index is 12.5. The summed E-state index contributed by atoms with van der Waals surface area (Å²) < 4.78 is 18.0. The lowest BCUT2D eigenvalue weighted by Crippen LogP contribution is -2.67. The largest absolute Gasteiger partial charge is 0.504 e. The average Bonchev–Trinajstić information content (AvgIpc) is 3.45. The highest BCUT2D eigenvalue weighted by atomic mass is 28.4. The Morgan fingerprint density at radius 3 is 2.17 bits per heavy atom. The van der Waals surface area contributed by atoms with Crippen molar-refractivity contribution in [3.63, 3.8) is 0 Å². The molecule has 2 aromatic rings. The molecule has 0 unspecified atom stereocenters. The van der Waals surface area contributed by atoms with E-state index in [-0.39, 0.29) is 16.9 Å². The van der Waals surface area contributed by atoms with E-state index >= 15 is 0 Å². The van der Waals surface area contributed by atoms with Gasteiger partial charge in [0.15, 0.2) is 0 Å². The number of nitrogens with one attached hydrogen (secondary N) is 2. The highest BCUT2D eigenvalue weighted by Crippen LogP contribution is 2.55. The second-order valence-corrected chi connectivity index (χ2v) is 15.0. The molecule has 2 aromatic carbocycles. The molecule has 7 nitrogen and oxygen atoms in total. The van der Waals surface area contributed by atoms with Crippen molar-refractivity contribution in [2.24, 2.45) is 11.8 Å². The summed E-state index contributed by atoms with van der Waals surface area (Å²) in [5, 5.41) is 7.57. The number of amides is 3. The molecule has 3 amide bonds. The Kier molecular flexibility index (Phi) is 7.40. The number of rotatable bonds is 8. The van der Waals surface area contributed by atoms with Gasteiger partial charge in [-0.15, -0.1) is 0 Å². The molecule has 0 aromatic heterocycles. The minimum atomic E-state index is -2.64. The molecule has 0 spiro atoms. The maximum Gasteiger partial charge on any atom is 0.323 e. The molecule has 3 atom stereocenters. The number of fused-ring (bicyclic) bond motifs is 1. The van der Waals surface area contributed by atoms with Crippen LogP contribution in [-0.4, -0.2) is 46.3 Å². The third-order valence-corrected chi connectivity index (χ3v) is 12.2. The number of hydrogen-bond donors (Lipinski definition) is 2. The third kappa shape index (κ3) is 4.98. The van der Waals surface area contributed by atoms with E-state index in [2.05, 4.69) is 79.9 Å². The summed E-state index contributed by atoms with van der Waals surface area (Å²) in [6.07, 6.45) is 2.00. The van der Waals surface area contributed by atoms with Gasteiger partial charge in [0.05, 0.1) is 20.0 Å². The lowest BCUT2D eigenvalue weighted by atomic mass is 10.1. The second kappa shape index (κ2) is 10.2. The highest BCUT2D eigenvalue weighted by Gasteiger charge is 2.65. The minimum absolute atomic E-state index is 0.109. The van der Waals surface area contributed by atoms with E-state index in [1.165, 1.54) is 23.7 Å². The van der Waals surface area contributed by atoms with Crippen LogP contribution in [0.4, 0.5) is 4.79 Å². The predicted molar refractivity (Wildman–Crippen MR) is 141 cm³/mol. The molecule has 2 N–H and O–H groups in total. The monoisotopic (exact) mass is 508 g/mol. The fraction of sp³-hybridized carbons (Fsp3) is 0.429. The topological polar surface area (TPSA) is 85.9 Å². The van der Waals surface area contributed by atoms with Crippen LogP contribution in [0.15, 0.2) is 72.5 Å². The average molecular weight is 509 g/mol. The summed E-state index contributed by atoms with van der Waals surface area (Å²) in [4.78, 5) is 24.6. The van der Waals surface area contributed by atoms with Crippen LogP contribution < -0.4 is 21.0 Å². The Labute approximate surface area is 214 Å². The Morgan fingerprint density at radius 1 is 1.08 bits per heavy atom. The van der Waals surface area contributed by atoms with E-state index < -0.39 is 26.0 Å². The van der Waals surface area contributed by atoms with Crippen molar-refractivity contribution in [2.45, 2.75) is 44.9 Å². The summed E-state index contributed by atoms with van der Waals surface area (Å²) in [5.41, 5.74) is -0.427. The lowest BCUT2D eigenvalue weighted by molar-refractivity contribution is -0.116. The molecule has 1 saturated carbocycles. The van der Waals surface area contributed by atoms with Crippen LogP contribution in [-0.2, 0) is 18.7 Å². The molecule has 4 rings (SSSR count). The number of benzene rings is 2. The van der Waals surface area contributed by atoms with Crippen molar-refractivity contribution in [1.82, 2.24) is 10.6 Å². The predicted octanol–water partition coefficient (Wildman–Crippen LogP) is 3.30. The summed E-state index contributed by atoms with van der Waals surface area (Å²) in [6, 6.07) is 20.5. The number of carbonyl (C=O) groups is 2. The van der Waals surface area contributed by atoms with Crippen LogP contribution in [0.1, 0.15) is 34.1 Å². The smallest absolute Gasteiger partial charge is 0.323 e. The van der Waals surface area contributed by atoms with Crippen LogP contribution in [0.25, 0.3) is 0 Å². The molecular formula is C28H36N2O5Si. The number of carbonyl (C=O) groups excluding carboxylic acids is 2. The number of hydrogen-bond acceptors (Lipinski definition) is 5. The molecule has 2 aliphatic rings. The van der Waals surface area contributed by atoms with Crippen LogP contribution in [0, 0.1) is 11.8 Å². The fourth-order valence-corrected chi connectivity index (χ4v) is 9.97. The van der Waals surface area contributed by atoms with Crippen molar-refractivity contribution >= 4 is 30.6 Å². The van der Waals surface area contributed by atoms with Gasteiger partial charge in [-0.05, 0) is 22.3 Å². The van der Waals surface area contributed by atoms with Crippen molar-refractivity contribution in [3.05, 3.63) is 72.5 Å². The van der Waals surface area contributed by atoms with E-state index in [1.54, 1.807) is 6.92 Å². The van der Waals surface area contributed by atoms with Gasteiger partial charge in [-0.25, -0.2) is 4.79 Å². The first-order chi connectivity index (χ1) is 17.1. The van der Waals surface area contributed by atoms with E-state index in [1.807, 2.05) is 12.1 Å². The van der Waals surface area contributed by atoms with Gasteiger partial charge < -0.3 is 19.2 Å². The molecule has 1 heterocycles. The van der Waals surface area contributed by atoms with Gasteiger partial charge >= 0.3 is 6.03 Å². The molecular weight excluding hydrogens is 472 g/mol. The van der Waals surface area contributed by atoms with E-state index in [4.69, 9.17) is 13.9 Å². The molecule has 36 heavy (non-hydrogen) atoms. The second-order valence-electron chi connectivity index (χ2n) is 10.7.